The fraction of sp³-hybridized carbons (Fsp3) is 0.421. The second-order valence-electron chi connectivity index (χ2n) is 7.29. The lowest BCUT2D eigenvalue weighted by Gasteiger charge is -2.31. The van der Waals surface area contributed by atoms with Crippen molar-refractivity contribution >= 4 is 27.4 Å². The number of anilines is 2. The molecule has 0 spiro atoms. The molecule has 1 N–H and O–H groups in total. The molecule has 1 aromatic heterocycles. The van der Waals surface area contributed by atoms with Gasteiger partial charge in [-0.2, -0.15) is 0 Å². The van der Waals surface area contributed by atoms with Crippen LogP contribution in [0.15, 0.2) is 41.6 Å². The summed E-state index contributed by atoms with van der Waals surface area (Å²) in [5.41, 5.74) is 0.743. The van der Waals surface area contributed by atoms with Gasteiger partial charge in [0, 0.05) is 44.0 Å². The SMILES string of the molecule is CS(=O)(=O)c1cccc(C(=O)Nc2cnc(N3CCN4CCC3CC4)nc2)c1. The molecule has 0 aliphatic carbocycles. The van der Waals surface area contributed by atoms with Gasteiger partial charge in [-0.15, -0.1) is 0 Å². The molecule has 148 valence electrons. The Morgan fingerprint density at radius 3 is 2.50 bits per heavy atom. The van der Waals surface area contributed by atoms with Crippen LogP contribution >= 0.6 is 0 Å². The molecule has 5 rings (SSSR count). The maximum atomic E-state index is 12.5. The Bertz CT molecular complexity index is 969. The molecule has 9 heteroatoms. The summed E-state index contributed by atoms with van der Waals surface area (Å²) < 4.78 is 23.3. The first-order valence-corrected chi connectivity index (χ1v) is 11.2. The van der Waals surface area contributed by atoms with Crippen molar-refractivity contribution in [3.63, 3.8) is 0 Å². The molecule has 8 nitrogen and oxygen atoms in total. The van der Waals surface area contributed by atoms with Crippen LogP contribution in [0.3, 0.4) is 0 Å². The van der Waals surface area contributed by atoms with Crippen molar-refractivity contribution < 1.29 is 13.2 Å². The van der Waals surface area contributed by atoms with E-state index in [1.807, 2.05) is 0 Å². The molecular weight excluding hydrogens is 378 g/mol. The van der Waals surface area contributed by atoms with Crippen LogP contribution in [0.5, 0.6) is 0 Å². The van der Waals surface area contributed by atoms with Crippen molar-refractivity contribution in [1.29, 1.82) is 0 Å². The van der Waals surface area contributed by atoms with Crippen LogP contribution < -0.4 is 10.2 Å². The van der Waals surface area contributed by atoms with E-state index in [1.165, 1.54) is 12.1 Å². The van der Waals surface area contributed by atoms with E-state index in [1.54, 1.807) is 24.5 Å². The first kappa shape index (κ1) is 18.8. The maximum absolute atomic E-state index is 12.5. The number of sulfone groups is 1. The topological polar surface area (TPSA) is 95.5 Å². The zero-order chi connectivity index (χ0) is 19.7. The van der Waals surface area contributed by atoms with Crippen LogP contribution in [0, 0.1) is 0 Å². The highest BCUT2D eigenvalue weighted by atomic mass is 32.2. The van der Waals surface area contributed by atoms with Crippen molar-refractivity contribution in [2.45, 2.75) is 23.8 Å². The highest BCUT2D eigenvalue weighted by Crippen LogP contribution is 2.24. The first-order chi connectivity index (χ1) is 13.4. The van der Waals surface area contributed by atoms with Crippen LogP contribution in [0.4, 0.5) is 11.6 Å². The molecule has 3 aliphatic rings. The molecular formula is C19H23N5O3S. The first-order valence-electron chi connectivity index (χ1n) is 9.33. The number of rotatable bonds is 4. The van der Waals surface area contributed by atoms with E-state index < -0.39 is 15.7 Å². The summed E-state index contributed by atoms with van der Waals surface area (Å²) in [5, 5.41) is 2.73. The fourth-order valence-electron chi connectivity index (χ4n) is 3.75. The van der Waals surface area contributed by atoms with Crippen LogP contribution in [0.1, 0.15) is 23.2 Å². The number of nitrogens with zero attached hydrogens (tertiary/aromatic N) is 4. The molecule has 1 amide bonds. The molecule has 0 radical (unpaired) electrons. The zero-order valence-corrected chi connectivity index (χ0v) is 16.5. The van der Waals surface area contributed by atoms with E-state index >= 15 is 0 Å². The summed E-state index contributed by atoms with van der Waals surface area (Å²) in [7, 11) is -3.37. The van der Waals surface area contributed by atoms with Crippen molar-refractivity contribution in [2.24, 2.45) is 0 Å². The largest absolute Gasteiger partial charge is 0.336 e. The van der Waals surface area contributed by atoms with E-state index in [9.17, 15) is 13.2 Å². The van der Waals surface area contributed by atoms with Crippen molar-refractivity contribution in [3.05, 3.63) is 42.2 Å². The summed E-state index contributed by atoms with van der Waals surface area (Å²) in [5.74, 6) is 0.286. The van der Waals surface area contributed by atoms with Gasteiger partial charge in [0.2, 0.25) is 5.95 Å². The summed E-state index contributed by atoms with van der Waals surface area (Å²) in [6.07, 6.45) is 6.55. The minimum absolute atomic E-state index is 0.110. The smallest absolute Gasteiger partial charge is 0.255 e. The van der Waals surface area contributed by atoms with E-state index in [-0.39, 0.29) is 10.5 Å². The number of aromatic nitrogens is 2. The van der Waals surface area contributed by atoms with Gasteiger partial charge in [0.15, 0.2) is 9.84 Å². The van der Waals surface area contributed by atoms with Gasteiger partial charge in [0.05, 0.1) is 23.0 Å². The Balaban J connectivity index is 1.47. The lowest BCUT2D eigenvalue weighted by atomic mass is 10.1. The zero-order valence-electron chi connectivity index (χ0n) is 15.7. The number of amides is 1. The Kier molecular flexibility index (Phi) is 5.03. The molecule has 0 atom stereocenters. The van der Waals surface area contributed by atoms with Gasteiger partial charge >= 0.3 is 0 Å². The van der Waals surface area contributed by atoms with E-state index in [0.29, 0.717) is 17.7 Å². The number of carbonyl (C=O) groups is 1. The Morgan fingerprint density at radius 1 is 1.11 bits per heavy atom. The predicted octanol–water partition coefficient (Wildman–Crippen LogP) is 1.42. The summed E-state index contributed by atoms with van der Waals surface area (Å²) in [6.45, 7) is 4.19. The molecule has 0 saturated carbocycles. The molecule has 3 aliphatic heterocycles. The molecule has 3 fully saturated rings. The number of fused-ring (bicyclic) bond motifs is 4. The third-order valence-electron chi connectivity index (χ3n) is 5.33. The van der Waals surface area contributed by atoms with Crippen molar-refractivity contribution in [2.75, 3.05) is 42.7 Å². The molecule has 28 heavy (non-hydrogen) atoms. The number of nitrogens with one attached hydrogen (secondary N) is 1. The second-order valence-corrected chi connectivity index (χ2v) is 9.31. The quantitative estimate of drug-likeness (QED) is 0.828. The summed E-state index contributed by atoms with van der Waals surface area (Å²) in [6, 6.07) is 6.42. The number of hydrogen-bond acceptors (Lipinski definition) is 7. The third-order valence-corrected chi connectivity index (χ3v) is 6.44. The van der Waals surface area contributed by atoms with Gasteiger partial charge in [-0.3, -0.25) is 4.79 Å². The lowest BCUT2D eigenvalue weighted by molar-refractivity contribution is 0.102. The van der Waals surface area contributed by atoms with Gasteiger partial charge in [-0.1, -0.05) is 6.07 Å². The minimum atomic E-state index is -3.37. The maximum Gasteiger partial charge on any atom is 0.255 e. The highest BCUT2D eigenvalue weighted by Gasteiger charge is 2.30. The summed E-state index contributed by atoms with van der Waals surface area (Å²) >= 11 is 0. The lowest BCUT2D eigenvalue weighted by Crippen LogP contribution is -2.38. The molecule has 1 aromatic carbocycles. The average Bonchev–Trinajstić information content (AvgIpc) is 3.02. The number of piperidine rings is 1. The molecule has 0 unspecified atom stereocenters. The molecule has 2 bridgehead atoms. The van der Waals surface area contributed by atoms with Gasteiger partial charge in [-0.05, 0) is 31.0 Å². The van der Waals surface area contributed by atoms with Gasteiger partial charge in [0.1, 0.15) is 0 Å². The Hall–Kier alpha value is -2.52. The second kappa shape index (κ2) is 7.48. The Labute approximate surface area is 164 Å². The molecule has 3 saturated heterocycles. The molecule has 2 aromatic rings. The number of hydrogen-bond donors (Lipinski definition) is 1. The van der Waals surface area contributed by atoms with Gasteiger partial charge in [0.25, 0.3) is 5.91 Å². The minimum Gasteiger partial charge on any atom is -0.336 e. The average molecular weight is 401 g/mol. The van der Waals surface area contributed by atoms with Crippen LogP contribution in [0.2, 0.25) is 0 Å². The normalized spacial score (nSPS) is 22.0. The highest BCUT2D eigenvalue weighted by molar-refractivity contribution is 7.90. The van der Waals surface area contributed by atoms with Gasteiger partial charge < -0.3 is 15.1 Å². The summed E-state index contributed by atoms with van der Waals surface area (Å²) in [4.78, 5) is 26.2. The van der Waals surface area contributed by atoms with E-state index in [4.69, 9.17) is 0 Å². The van der Waals surface area contributed by atoms with E-state index in [2.05, 4.69) is 25.1 Å². The van der Waals surface area contributed by atoms with Crippen molar-refractivity contribution in [1.82, 2.24) is 14.9 Å². The Morgan fingerprint density at radius 2 is 1.82 bits per heavy atom. The van der Waals surface area contributed by atoms with Crippen LogP contribution in [0.25, 0.3) is 0 Å². The third kappa shape index (κ3) is 4.00. The van der Waals surface area contributed by atoms with Gasteiger partial charge in [-0.25, -0.2) is 18.4 Å². The number of carbonyl (C=O) groups excluding carboxylic acids is 1. The standard InChI is InChI=1S/C19H23N5O3S/c1-28(26,27)17-4-2-3-14(11-17)18(25)22-15-12-20-19(21-13-15)24-10-9-23-7-5-16(24)6-8-23/h2-4,11-13,16H,5-10H2,1H3,(H,22,25). The molecule has 4 heterocycles. The predicted molar refractivity (Wildman–Crippen MR) is 106 cm³/mol. The van der Waals surface area contributed by atoms with Crippen molar-refractivity contribution in [3.8, 4) is 0 Å². The van der Waals surface area contributed by atoms with E-state index in [0.717, 1.165) is 45.3 Å². The number of benzene rings is 1. The fourth-order valence-corrected chi connectivity index (χ4v) is 4.42. The monoisotopic (exact) mass is 401 g/mol. The van der Waals surface area contributed by atoms with Crippen LogP contribution in [-0.2, 0) is 9.84 Å². The van der Waals surface area contributed by atoms with Crippen LogP contribution in [-0.4, -0.2) is 67.7 Å².